The average Bonchev–Trinajstić information content (AvgIpc) is 3.29. The molecule has 3 aromatic rings. The lowest BCUT2D eigenvalue weighted by Gasteiger charge is -2.30. The molecule has 1 saturated carbocycles. The average molecular weight is 465 g/mol. The van der Waals surface area contributed by atoms with Crippen LogP contribution in [0, 0.1) is 0 Å². The van der Waals surface area contributed by atoms with E-state index >= 15 is 0 Å². The summed E-state index contributed by atoms with van der Waals surface area (Å²) in [6, 6.07) is 11.6. The smallest absolute Gasteiger partial charge is 0.303 e. The Bertz CT molecular complexity index is 1060. The van der Waals surface area contributed by atoms with E-state index in [0.717, 1.165) is 48.3 Å². The third-order valence-corrected chi connectivity index (χ3v) is 6.67. The van der Waals surface area contributed by atoms with E-state index in [4.69, 9.17) is 14.3 Å². The van der Waals surface area contributed by atoms with Crippen molar-refractivity contribution < 1.29 is 23.8 Å². The molecule has 1 aliphatic carbocycles. The molecule has 8 heteroatoms. The van der Waals surface area contributed by atoms with Gasteiger partial charge in [-0.05, 0) is 61.7 Å². The number of benzene rings is 1. The van der Waals surface area contributed by atoms with Gasteiger partial charge in [0.05, 0.1) is 12.9 Å². The second-order valence-corrected chi connectivity index (χ2v) is 9.16. The number of nitrogens with zero attached hydrogens (tertiary/aromatic N) is 1. The van der Waals surface area contributed by atoms with Gasteiger partial charge >= 0.3 is 5.97 Å². The summed E-state index contributed by atoms with van der Waals surface area (Å²) in [5.74, 6) is 0.775. The topological polar surface area (TPSA) is 80.0 Å². The minimum Gasteiger partial charge on any atom is -0.492 e. The first-order valence-electron chi connectivity index (χ1n) is 11.4. The molecular weight excluding hydrogens is 437 g/mol. The number of thiophene rings is 1. The van der Waals surface area contributed by atoms with Crippen LogP contribution in [-0.2, 0) is 4.79 Å². The van der Waals surface area contributed by atoms with Gasteiger partial charge < -0.3 is 19.2 Å². The second kappa shape index (κ2) is 10.7. The molecule has 6 nitrogen and oxygen atoms in total. The highest BCUT2D eigenvalue weighted by Gasteiger charge is 2.37. The van der Waals surface area contributed by atoms with E-state index in [1.165, 1.54) is 0 Å². The molecule has 4 rings (SSSR count). The Morgan fingerprint density at radius 3 is 2.61 bits per heavy atom. The first kappa shape index (κ1) is 23.2. The maximum Gasteiger partial charge on any atom is 0.303 e. The van der Waals surface area contributed by atoms with Crippen LogP contribution >= 0.6 is 11.3 Å². The maximum atomic E-state index is 13.5. The third-order valence-electron chi connectivity index (χ3n) is 5.93. The van der Waals surface area contributed by atoms with Crippen LogP contribution in [0.1, 0.15) is 60.4 Å². The van der Waals surface area contributed by atoms with Crippen molar-refractivity contribution in [3.63, 3.8) is 0 Å². The monoisotopic (exact) mass is 465 g/mol. The predicted molar refractivity (Wildman–Crippen MR) is 131 cm³/mol. The zero-order valence-corrected chi connectivity index (χ0v) is 19.6. The lowest BCUT2D eigenvalue weighted by atomic mass is 9.87. The van der Waals surface area contributed by atoms with Crippen molar-refractivity contribution in [2.24, 2.45) is 0 Å². The van der Waals surface area contributed by atoms with Gasteiger partial charge in [0, 0.05) is 40.5 Å². The van der Waals surface area contributed by atoms with Crippen molar-refractivity contribution in [1.82, 2.24) is 4.90 Å². The molecule has 2 heterocycles. The van der Waals surface area contributed by atoms with Crippen LogP contribution in [0.3, 0.4) is 0 Å². The fourth-order valence-electron chi connectivity index (χ4n) is 3.98. The number of carbonyl (C=O) groups excluding carboxylic acids is 1. The molecule has 1 aliphatic rings. The van der Waals surface area contributed by atoms with Gasteiger partial charge in [0.15, 0.2) is 0 Å². The Kier molecular flexibility index (Phi) is 7.55. The number of carboxylic acid groups (broad SMARTS) is 1. The third kappa shape index (κ3) is 5.87. The summed E-state index contributed by atoms with van der Waals surface area (Å²) in [6.07, 6.45) is 6.17. The number of ether oxygens (including phenoxy) is 1. The highest BCUT2D eigenvalue weighted by Crippen LogP contribution is 2.39. The van der Waals surface area contributed by atoms with Crippen molar-refractivity contribution >= 4 is 31.1 Å². The highest BCUT2D eigenvalue weighted by molar-refractivity contribution is 7.08. The number of carboxylic acids is 1. The Morgan fingerprint density at radius 2 is 1.94 bits per heavy atom. The molecular formula is C25H28BNO5S. The summed E-state index contributed by atoms with van der Waals surface area (Å²) >= 11 is 1.57. The Morgan fingerprint density at radius 1 is 1.15 bits per heavy atom. The van der Waals surface area contributed by atoms with E-state index in [-0.39, 0.29) is 24.3 Å². The number of rotatable bonds is 12. The lowest BCUT2D eigenvalue weighted by molar-refractivity contribution is -0.137. The largest absolute Gasteiger partial charge is 0.492 e. The van der Waals surface area contributed by atoms with E-state index in [2.05, 4.69) is 13.2 Å². The van der Waals surface area contributed by atoms with E-state index in [9.17, 15) is 9.59 Å². The highest BCUT2D eigenvalue weighted by atomic mass is 32.1. The quantitative estimate of drug-likeness (QED) is 0.302. The van der Waals surface area contributed by atoms with Crippen LogP contribution in [0.15, 0.2) is 57.8 Å². The summed E-state index contributed by atoms with van der Waals surface area (Å²) in [4.78, 5) is 26.1. The van der Waals surface area contributed by atoms with Gasteiger partial charge in [-0.15, -0.1) is 11.3 Å². The predicted octanol–water partition coefficient (Wildman–Crippen LogP) is 4.97. The number of aliphatic carboxylic acids is 1. The standard InChI is InChI=1S/C25H28BNO5S/c26-24(20-15-33-16-22(20)32-13-3-1-2-6-23(28)29)27(19-11-12-19)25(30)18-9-7-17(8-10-18)21-5-4-14-31-21/h4-5,7-10,14-16,19,24H,1-3,6,11-13,26H2,(H,28,29). The number of hydrogen-bond donors (Lipinski definition) is 1. The zero-order chi connectivity index (χ0) is 23.2. The minimum absolute atomic E-state index is 0.0295. The van der Waals surface area contributed by atoms with Crippen molar-refractivity contribution in [3.05, 3.63) is 64.5 Å². The first-order valence-corrected chi connectivity index (χ1v) is 12.4. The molecule has 1 unspecified atom stereocenters. The van der Waals surface area contributed by atoms with Crippen LogP contribution in [0.5, 0.6) is 5.75 Å². The Hall–Kier alpha value is -3.00. The van der Waals surface area contributed by atoms with Crippen molar-refractivity contribution in [2.45, 2.75) is 50.5 Å². The maximum absolute atomic E-state index is 13.5. The molecule has 1 atom stereocenters. The SMILES string of the molecule is BC(c1cscc1OCCCCCC(=O)O)N(C(=O)c1ccc(-c2ccco2)cc1)C1CC1. The molecule has 1 N–H and O–H groups in total. The lowest BCUT2D eigenvalue weighted by Crippen LogP contribution is -2.37. The minimum atomic E-state index is -0.759. The number of unbranched alkanes of at least 4 members (excludes halogenated alkanes) is 2. The molecule has 2 aromatic heterocycles. The van der Waals surface area contributed by atoms with Crippen LogP contribution in [0.4, 0.5) is 0 Å². The van der Waals surface area contributed by atoms with Gasteiger partial charge in [-0.1, -0.05) is 12.1 Å². The Labute approximate surface area is 198 Å². The summed E-state index contributed by atoms with van der Waals surface area (Å²) in [7, 11) is 2.06. The molecule has 0 aliphatic heterocycles. The second-order valence-electron chi connectivity index (χ2n) is 8.42. The van der Waals surface area contributed by atoms with Crippen molar-refractivity contribution in [1.29, 1.82) is 0 Å². The molecule has 1 aromatic carbocycles. The fourth-order valence-corrected chi connectivity index (χ4v) is 4.84. The van der Waals surface area contributed by atoms with Crippen LogP contribution in [-0.4, -0.2) is 42.4 Å². The Balaban J connectivity index is 1.41. The summed E-state index contributed by atoms with van der Waals surface area (Å²) in [5, 5.41) is 12.8. The van der Waals surface area contributed by atoms with Gasteiger partial charge in [0.1, 0.15) is 19.4 Å². The molecule has 1 amide bonds. The van der Waals surface area contributed by atoms with Crippen LogP contribution in [0.2, 0.25) is 0 Å². The van der Waals surface area contributed by atoms with E-state index in [1.54, 1.807) is 17.6 Å². The number of carbonyl (C=O) groups is 2. The van der Waals surface area contributed by atoms with Crippen molar-refractivity contribution in [3.8, 4) is 17.1 Å². The molecule has 0 spiro atoms. The van der Waals surface area contributed by atoms with Crippen molar-refractivity contribution in [2.75, 3.05) is 6.61 Å². The van der Waals surface area contributed by atoms with Crippen LogP contribution in [0.25, 0.3) is 11.3 Å². The molecule has 0 saturated heterocycles. The van der Waals surface area contributed by atoms with Gasteiger partial charge in [-0.25, -0.2) is 0 Å². The van der Waals surface area contributed by atoms with Crippen LogP contribution < -0.4 is 4.74 Å². The van der Waals surface area contributed by atoms with E-state index in [0.29, 0.717) is 18.6 Å². The summed E-state index contributed by atoms with van der Waals surface area (Å²) < 4.78 is 11.5. The summed E-state index contributed by atoms with van der Waals surface area (Å²) in [6.45, 7) is 0.543. The van der Waals surface area contributed by atoms with E-state index in [1.807, 2.05) is 46.7 Å². The van der Waals surface area contributed by atoms with E-state index < -0.39 is 5.97 Å². The molecule has 1 fully saturated rings. The zero-order valence-electron chi connectivity index (χ0n) is 18.7. The fraction of sp³-hybridized carbons (Fsp3) is 0.360. The molecule has 0 bridgehead atoms. The van der Waals surface area contributed by atoms with Gasteiger partial charge in [0.25, 0.3) is 5.91 Å². The van der Waals surface area contributed by atoms with Gasteiger partial charge in [0.2, 0.25) is 0 Å². The normalized spacial score (nSPS) is 14.1. The number of hydrogen-bond acceptors (Lipinski definition) is 5. The van der Waals surface area contributed by atoms with Gasteiger partial charge in [-0.3, -0.25) is 9.59 Å². The number of furan rings is 1. The molecule has 172 valence electrons. The number of amides is 1. The molecule has 0 radical (unpaired) electrons. The first-order chi connectivity index (χ1) is 16.0. The molecule has 33 heavy (non-hydrogen) atoms. The summed E-state index contributed by atoms with van der Waals surface area (Å²) in [5.41, 5.74) is 2.64. The van der Waals surface area contributed by atoms with Gasteiger partial charge in [-0.2, -0.15) is 0 Å².